The standard InChI is InChI=1S/C13H19ClN2O/c1-2-16(10-12-4-3-7-17-12)13-8-11(9-14)5-6-15-13/h5-6,8,12H,2-4,7,9-10H2,1H3. The van der Waals surface area contributed by atoms with Gasteiger partial charge in [0.05, 0.1) is 6.10 Å². The van der Waals surface area contributed by atoms with Gasteiger partial charge in [-0.25, -0.2) is 4.98 Å². The first-order valence-corrected chi connectivity index (χ1v) is 6.74. The fourth-order valence-corrected chi connectivity index (χ4v) is 2.30. The van der Waals surface area contributed by atoms with Crippen molar-refractivity contribution in [3.8, 4) is 0 Å². The number of rotatable bonds is 5. The van der Waals surface area contributed by atoms with E-state index in [0.29, 0.717) is 12.0 Å². The van der Waals surface area contributed by atoms with Gasteiger partial charge in [-0.3, -0.25) is 0 Å². The van der Waals surface area contributed by atoms with Crippen LogP contribution in [0.15, 0.2) is 18.3 Å². The van der Waals surface area contributed by atoms with E-state index in [0.717, 1.165) is 37.5 Å². The summed E-state index contributed by atoms with van der Waals surface area (Å²) in [5.74, 6) is 1.54. The maximum atomic E-state index is 5.85. The minimum absolute atomic E-state index is 0.358. The molecule has 1 atom stereocenters. The van der Waals surface area contributed by atoms with E-state index in [9.17, 15) is 0 Å². The van der Waals surface area contributed by atoms with Crippen molar-refractivity contribution >= 4 is 17.4 Å². The quantitative estimate of drug-likeness (QED) is 0.756. The number of anilines is 1. The molecule has 1 aromatic heterocycles. The number of alkyl halides is 1. The summed E-state index contributed by atoms with van der Waals surface area (Å²) in [7, 11) is 0. The van der Waals surface area contributed by atoms with Gasteiger partial charge in [-0.1, -0.05) is 0 Å². The van der Waals surface area contributed by atoms with Gasteiger partial charge in [-0.05, 0) is 37.5 Å². The van der Waals surface area contributed by atoms with E-state index in [4.69, 9.17) is 16.3 Å². The van der Waals surface area contributed by atoms with Gasteiger partial charge in [0.2, 0.25) is 0 Å². The molecule has 0 radical (unpaired) electrons. The zero-order valence-corrected chi connectivity index (χ0v) is 11.0. The van der Waals surface area contributed by atoms with E-state index < -0.39 is 0 Å². The lowest BCUT2D eigenvalue weighted by Gasteiger charge is -2.25. The Hall–Kier alpha value is -0.800. The van der Waals surface area contributed by atoms with Gasteiger partial charge < -0.3 is 9.64 Å². The average molecular weight is 255 g/mol. The highest BCUT2D eigenvalue weighted by Crippen LogP contribution is 2.18. The molecular weight excluding hydrogens is 236 g/mol. The van der Waals surface area contributed by atoms with Crippen molar-refractivity contribution in [2.24, 2.45) is 0 Å². The normalized spacial score (nSPS) is 19.5. The van der Waals surface area contributed by atoms with Gasteiger partial charge in [-0.2, -0.15) is 0 Å². The average Bonchev–Trinajstić information content (AvgIpc) is 2.89. The predicted octanol–water partition coefficient (Wildman–Crippen LogP) is 2.83. The van der Waals surface area contributed by atoms with E-state index in [-0.39, 0.29) is 0 Å². The second kappa shape index (κ2) is 6.22. The van der Waals surface area contributed by atoms with E-state index >= 15 is 0 Å². The van der Waals surface area contributed by atoms with E-state index in [1.54, 1.807) is 0 Å². The SMILES string of the molecule is CCN(CC1CCCO1)c1cc(CCl)ccn1. The molecule has 1 fully saturated rings. The minimum atomic E-state index is 0.358. The van der Waals surface area contributed by atoms with Gasteiger partial charge in [0.25, 0.3) is 0 Å². The zero-order chi connectivity index (χ0) is 12.1. The van der Waals surface area contributed by atoms with Crippen molar-refractivity contribution in [1.82, 2.24) is 4.98 Å². The molecule has 0 spiro atoms. The van der Waals surface area contributed by atoms with Crippen molar-refractivity contribution in [3.63, 3.8) is 0 Å². The first-order chi connectivity index (χ1) is 8.33. The summed E-state index contributed by atoms with van der Waals surface area (Å²) in [6.07, 6.45) is 4.52. The van der Waals surface area contributed by atoms with Crippen LogP contribution in [0.1, 0.15) is 25.3 Å². The van der Waals surface area contributed by atoms with Crippen LogP contribution in [0.3, 0.4) is 0 Å². The molecule has 3 nitrogen and oxygen atoms in total. The van der Waals surface area contributed by atoms with Crippen molar-refractivity contribution in [2.75, 3.05) is 24.6 Å². The van der Waals surface area contributed by atoms with Crippen molar-refractivity contribution in [1.29, 1.82) is 0 Å². The Morgan fingerprint density at radius 3 is 3.12 bits per heavy atom. The number of likely N-dealkylation sites (N-methyl/N-ethyl adjacent to an activating group) is 1. The zero-order valence-electron chi connectivity index (χ0n) is 10.2. The first-order valence-electron chi connectivity index (χ1n) is 6.21. The van der Waals surface area contributed by atoms with Gasteiger partial charge in [0, 0.05) is 31.8 Å². The smallest absolute Gasteiger partial charge is 0.128 e. The molecule has 0 saturated carbocycles. The Labute approximate surface area is 108 Å². The number of pyridine rings is 1. The number of nitrogens with zero attached hydrogens (tertiary/aromatic N) is 2. The predicted molar refractivity (Wildman–Crippen MR) is 70.7 cm³/mol. The number of hydrogen-bond acceptors (Lipinski definition) is 3. The van der Waals surface area contributed by atoms with Crippen LogP contribution in [0.4, 0.5) is 5.82 Å². The number of aromatic nitrogens is 1. The Morgan fingerprint density at radius 2 is 2.47 bits per heavy atom. The fraction of sp³-hybridized carbons (Fsp3) is 0.615. The van der Waals surface area contributed by atoms with Crippen LogP contribution in [0.2, 0.25) is 0 Å². The van der Waals surface area contributed by atoms with Crippen LogP contribution < -0.4 is 4.90 Å². The van der Waals surface area contributed by atoms with Gasteiger partial charge in [0.15, 0.2) is 0 Å². The highest BCUT2D eigenvalue weighted by molar-refractivity contribution is 6.17. The summed E-state index contributed by atoms with van der Waals surface area (Å²) in [5, 5.41) is 0. The molecule has 17 heavy (non-hydrogen) atoms. The van der Waals surface area contributed by atoms with Gasteiger partial charge >= 0.3 is 0 Å². The van der Waals surface area contributed by atoms with Crippen molar-refractivity contribution in [2.45, 2.75) is 31.7 Å². The topological polar surface area (TPSA) is 25.4 Å². The first kappa shape index (κ1) is 12.7. The summed E-state index contributed by atoms with van der Waals surface area (Å²) in [6.45, 7) is 4.91. The highest BCUT2D eigenvalue weighted by Gasteiger charge is 2.19. The third-order valence-electron chi connectivity index (χ3n) is 3.12. The molecule has 2 rings (SSSR count). The second-order valence-corrected chi connectivity index (χ2v) is 4.60. The lowest BCUT2D eigenvalue weighted by atomic mass is 10.2. The molecule has 4 heteroatoms. The second-order valence-electron chi connectivity index (χ2n) is 4.33. The van der Waals surface area contributed by atoms with Crippen LogP contribution in [-0.2, 0) is 10.6 Å². The van der Waals surface area contributed by atoms with Crippen LogP contribution in [0, 0.1) is 0 Å². The largest absolute Gasteiger partial charge is 0.376 e. The van der Waals surface area contributed by atoms with Crippen LogP contribution in [-0.4, -0.2) is 30.8 Å². The summed E-state index contributed by atoms with van der Waals surface area (Å²) >= 11 is 5.85. The van der Waals surface area contributed by atoms with Crippen LogP contribution in [0.25, 0.3) is 0 Å². The molecule has 94 valence electrons. The molecule has 1 unspecified atom stereocenters. The van der Waals surface area contributed by atoms with E-state index in [2.05, 4.69) is 22.9 Å². The van der Waals surface area contributed by atoms with E-state index in [1.807, 2.05) is 12.3 Å². The van der Waals surface area contributed by atoms with E-state index in [1.165, 1.54) is 6.42 Å². The Bertz CT molecular complexity index is 353. The number of hydrogen-bond donors (Lipinski definition) is 0. The number of ether oxygens (including phenoxy) is 1. The third-order valence-corrected chi connectivity index (χ3v) is 3.43. The summed E-state index contributed by atoms with van der Waals surface area (Å²) in [6, 6.07) is 4.02. The summed E-state index contributed by atoms with van der Waals surface area (Å²) in [5.41, 5.74) is 1.11. The maximum Gasteiger partial charge on any atom is 0.128 e. The monoisotopic (exact) mass is 254 g/mol. The summed E-state index contributed by atoms with van der Waals surface area (Å²) < 4.78 is 5.67. The van der Waals surface area contributed by atoms with Crippen LogP contribution in [0.5, 0.6) is 0 Å². The molecule has 1 aromatic rings. The Balaban J connectivity index is 2.04. The summed E-state index contributed by atoms with van der Waals surface area (Å²) in [4.78, 5) is 6.67. The lowest BCUT2D eigenvalue weighted by Crippen LogP contribution is -2.32. The van der Waals surface area contributed by atoms with Gasteiger partial charge in [0.1, 0.15) is 5.82 Å². The molecule has 0 aliphatic carbocycles. The molecule has 0 bridgehead atoms. The molecule has 1 saturated heterocycles. The molecule has 0 amide bonds. The maximum absolute atomic E-state index is 5.85. The number of halogens is 1. The lowest BCUT2D eigenvalue weighted by molar-refractivity contribution is 0.115. The minimum Gasteiger partial charge on any atom is -0.376 e. The Kier molecular flexibility index (Phi) is 4.63. The molecule has 0 N–H and O–H groups in total. The fourth-order valence-electron chi connectivity index (χ4n) is 2.14. The van der Waals surface area contributed by atoms with Gasteiger partial charge in [-0.15, -0.1) is 11.6 Å². The molecule has 1 aliphatic rings. The molecule has 2 heterocycles. The highest BCUT2D eigenvalue weighted by atomic mass is 35.5. The molecule has 0 aromatic carbocycles. The third kappa shape index (κ3) is 3.33. The Morgan fingerprint density at radius 1 is 1.59 bits per heavy atom. The van der Waals surface area contributed by atoms with Crippen LogP contribution >= 0.6 is 11.6 Å². The molecule has 1 aliphatic heterocycles. The van der Waals surface area contributed by atoms with Crippen molar-refractivity contribution in [3.05, 3.63) is 23.9 Å². The van der Waals surface area contributed by atoms with Crippen molar-refractivity contribution < 1.29 is 4.74 Å². The molecular formula is C13H19ClN2O.